The van der Waals surface area contributed by atoms with Crippen LogP contribution in [0.3, 0.4) is 0 Å². The van der Waals surface area contributed by atoms with Gasteiger partial charge in [-0.2, -0.15) is 0 Å². The van der Waals surface area contributed by atoms with Crippen LogP contribution in [0.1, 0.15) is 5.56 Å². The molecular weight excluding hydrogens is 372 g/mol. The summed E-state index contributed by atoms with van der Waals surface area (Å²) in [5.74, 6) is 8.18. The zero-order valence-corrected chi connectivity index (χ0v) is 15.3. The summed E-state index contributed by atoms with van der Waals surface area (Å²) in [6, 6.07) is 4.51. The lowest BCUT2D eigenvalue weighted by Gasteiger charge is -2.26. The number of ether oxygens (including phenoxy) is 1. The number of hydrogen-bond donors (Lipinski definition) is 5. The summed E-state index contributed by atoms with van der Waals surface area (Å²) < 4.78 is 28.9. The number of nitrogens with zero attached hydrogens (tertiary/aromatic N) is 3. The number of hydrogen-bond acceptors (Lipinski definition) is 9. The highest BCUT2D eigenvalue weighted by Crippen LogP contribution is 2.28. The van der Waals surface area contributed by atoms with Crippen LogP contribution >= 0.6 is 0 Å². The Labute approximate surface area is 156 Å². The Morgan fingerprint density at radius 1 is 1.15 bits per heavy atom. The molecule has 146 valence electrons. The van der Waals surface area contributed by atoms with E-state index in [4.69, 9.17) is 21.0 Å². The lowest BCUT2D eigenvalue weighted by molar-refractivity contribution is 0.122. The zero-order chi connectivity index (χ0) is 20.0. The second-order valence-electron chi connectivity index (χ2n) is 5.51. The highest BCUT2D eigenvalue weighted by molar-refractivity contribution is 7.89. The number of aromatic nitrogens is 2. The molecule has 0 unspecified atom stereocenters. The minimum atomic E-state index is -4.02. The Hall–Kier alpha value is -2.64. The highest BCUT2D eigenvalue weighted by Gasteiger charge is 2.21. The van der Waals surface area contributed by atoms with Crippen LogP contribution in [0.5, 0.6) is 0 Å². The van der Waals surface area contributed by atoms with Gasteiger partial charge in [0.25, 0.3) is 0 Å². The van der Waals surface area contributed by atoms with Crippen molar-refractivity contribution < 1.29 is 13.2 Å². The molecule has 0 amide bonds. The number of nitrogens with two attached hydrogens (primary N) is 4. The predicted molar refractivity (Wildman–Crippen MR) is 101 cm³/mol. The zero-order valence-electron chi connectivity index (χ0n) is 14.5. The van der Waals surface area contributed by atoms with Crippen molar-refractivity contribution in [2.24, 2.45) is 22.6 Å². The third kappa shape index (κ3) is 4.75. The molecule has 0 atom stereocenters. The maximum absolute atomic E-state index is 11.8. The molecule has 0 aliphatic carbocycles. The van der Waals surface area contributed by atoms with Crippen LogP contribution < -0.4 is 27.5 Å². The number of benzene rings is 1. The first-order valence-electron chi connectivity index (χ1n) is 7.86. The predicted octanol–water partition coefficient (Wildman–Crippen LogP) is -1.27. The first-order chi connectivity index (χ1) is 12.9. The van der Waals surface area contributed by atoms with Crippen molar-refractivity contribution >= 4 is 21.8 Å². The molecule has 0 spiro atoms. The van der Waals surface area contributed by atoms with Crippen molar-refractivity contribution in [3.8, 4) is 11.1 Å². The van der Waals surface area contributed by atoms with E-state index in [0.29, 0.717) is 43.4 Å². The van der Waals surface area contributed by atoms with Gasteiger partial charge < -0.3 is 15.4 Å². The maximum Gasteiger partial charge on any atom is 0.238 e. The molecule has 1 aliphatic rings. The van der Waals surface area contributed by atoms with Crippen LogP contribution in [0.2, 0.25) is 0 Å². The first-order valence-corrected chi connectivity index (χ1v) is 9.41. The number of nitrogens with one attached hydrogen (secondary N) is 1. The highest BCUT2D eigenvalue weighted by atomic mass is 32.2. The van der Waals surface area contributed by atoms with Crippen LogP contribution in [0.15, 0.2) is 35.5 Å². The Kier molecular flexibility index (Phi) is 6.76. The third-order valence-electron chi connectivity index (χ3n) is 3.85. The summed E-state index contributed by atoms with van der Waals surface area (Å²) in [4.78, 5) is 10.5. The fourth-order valence-electron chi connectivity index (χ4n) is 2.67. The standard InChI is InChI=1S/C15H18N6O3S.H4N2/c16-14(17)13-11(2-1-3-12(13)25(18,22)23)10-8-19-15(20-9-10)21-4-6-24-7-5-21;1-2/h1-3,8-9H,4-7H2,(H3,16,17)(H2,18,22,23);1-2H2. The average molecular weight is 394 g/mol. The van der Waals surface area contributed by atoms with E-state index in [2.05, 4.69) is 21.7 Å². The molecule has 3 rings (SSSR count). The number of primary sulfonamides is 1. The summed E-state index contributed by atoms with van der Waals surface area (Å²) in [6.45, 7) is 2.66. The number of morpholine rings is 1. The van der Waals surface area contributed by atoms with Crippen LogP contribution in [0.25, 0.3) is 11.1 Å². The Morgan fingerprint density at radius 2 is 1.74 bits per heavy atom. The molecule has 1 saturated heterocycles. The van der Waals surface area contributed by atoms with Crippen molar-refractivity contribution in [3.05, 3.63) is 36.2 Å². The molecule has 0 bridgehead atoms. The van der Waals surface area contributed by atoms with Gasteiger partial charge >= 0.3 is 0 Å². The molecule has 12 heteroatoms. The number of amidine groups is 1. The molecule has 0 saturated carbocycles. The number of anilines is 1. The maximum atomic E-state index is 11.8. The van der Waals surface area contributed by atoms with Crippen LogP contribution in [-0.2, 0) is 14.8 Å². The molecule has 1 fully saturated rings. The fraction of sp³-hybridized carbons (Fsp3) is 0.267. The molecule has 1 aliphatic heterocycles. The Bertz CT molecular complexity index is 896. The van der Waals surface area contributed by atoms with Gasteiger partial charge in [0.15, 0.2) is 0 Å². The summed E-state index contributed by atoms with van der Waals surface area (Å²) >= 11 is 0. The van der Waals surface area contributed by atoms with Crippen molar-refractivity contribution in [2.45, 2.75) is 4.90 Å². The molecule has 2 heterocycles. The largest absolute Gasteiger partial charge is 0.384 e. The monoisotopic (exact) mass is 394 g/mol. The van der Waals surface area contributed by atoms with Gasteiger partial charge in [0.05, 0.1) is 18.1 Å². The smallest absolute Gasteiger partial charge is 0.238 e. The second-order valence-corrected chi connectivity index (χ2v) is 7.04. The molecule has 1 aromatic heterocycles. The summed E-state index contributed by atoms with van der Waals surface area (Å²) in [7, 11) is -4.02. The van der Waals surface area contributed by atoms with E-state index in [0.717, 1.165) is 0 Å². The van der Waals surface area contributed by atoms with E-state index < -0.39 is 15.9 Å². The lowest BCUT2D eigenvalue weighted by Crippen LogP contribution is -2.37. The number of nitrogen functional groups attached to an aromatic ring is 1. The van der Waals surface area contributed by atoms with E-state index in [9.17, 15) is 8.42 Å². The quantitative estimate of drug-likeness (QED) is 0.181. The third-order valence-corrected chi connectivity index (χ3v) is 4.80. The van der Waals surface area contributed by atoms with Gasteiger partial charge in [-0.15, -0.1) is 0 Å². The molecular formula is C15H22N8O3S. The van der Waals surface area contributed by atoms with Crippen molar-refractivity contribution in [1.82, 2.24) is 9.97 Å². The lowest BCUT2D eigenvalue weighted by atomic mass is 10.0. The van der Waals surface area contributed by atoms with Gasteiger partial charge in [-0.3, -0.25) is 17.1 Å². The normalized spacial score (nSPS) is 14.3. The van der Waals surface area contributed by atoms with Crippen molar-refractivity contribution in [2.75, 3.05) is 31.2 Å². The van der Waals surface area contributed by atoms with Gasteiger partial charge in [0.2, 0.25) is 16.0 Å². The van der Waals surface area contributed by atoms with Gasteiger partial charge in [0, 0.05) is 36.6 Å². The van der Waals surface area contributed by atoms with Gasteiger partial charge in [-0.1, -0.05) is 12.1 Å². The summed E-state index contributed by atoms with van der Waals surface area (Å²) in [6.07, 6.45) is 3.15. The summed E-state index contributed by atoms with van der Waals surface area (Å²) in [5.41, 5.74) is 6.63. The minimum Gasteiger partial charge on any atom is -0.384 e. The van der Waals surface area contributed by atoms with Gasteiger partial charge in [0.1, 0.15) is 5.84 Å². The Morgan fingerprint density at radius 3 is 2.26 bits per heavy atom. The molecule has 1 aromatic carbocycles. The molecule has 27 heavy (non-hydrogen) atoms. The number of hydrazine groups is 1. The van der Waals surface area contributed by atoms with E-state index in [-0.39, 0.29) is 10.5 Å². The van der Waals surface area contributed by atoms with Crippen LogP contribution in [0.4, 0.5) is 5.95 Å². The SMILES string of the molecule is N=C(N)c1c(-c2cnc(N3CCOCC3)nc2)cccc1S(N)(=O)=O.NN. The van der Waals surface area contributed by atoms with E-state index in [1.807, 2.05) is 4.90 Å². The number of sulfonamides is 1. The minimum absolute atomic E-state index is 0.0488. The van der Waals surface area contributed by atoms with E-state index in [1.165, 1.54) is 12.1 Å². The topological polar surface area (TPSA) is 200 Å². The molecule has 9 N–H and O–H groups in total. The van der Waals surface area contributed by atoms with Gasteiger partial charge in [-0.25, -0.2) is 23.5 Å². The van der Waals surface area contributed by atoms with E-state index in [1.54, 1.807) is 18.5 Å². The first kappa shape index (κ1) is 20.7. The van der Waals surface area contributed by atoms with Crippen LogP contribution in [0, 0.1) is 5.41 Å². The van der Waals surface area contributed by atoms with Gasteiger partial charge in [-0.05, 0) is 11.6 Å². The molecule has 0 radical (unpaired) electrons. The Balaban J connectivity index is 0.00000126. The summed E-state index contributed by atoms with van der Waals surface area (Å²) in [5, 5.41) is 13.0. The second kappa shape index (κ2) is 8.83. The molecule has 11 nitrogen and oxygen atoms in total. The van der Waals surface area contributed by atoms with Crippen LogP contribution in [-0.4, -0.2) is 50.5 Å². The number of rotatable bonds is 4. The fourth-order valence-corrected chi connectivity index (χ4v) is 3.45. The van der Waals surface area contributed by atoms with Crippen molar-refractivity contribution in [3.63, 3.8) is 0 Å². The van der Waals surface area contributed by atoms with E-state index >= 15 is 0 Å². The molecule has 2 aromatic rings. The van der Waals surface area contributed by atoms with Crippen molar-refractivity contribution in [1.29, 1.82) is 5.41 Å². The average Bonchev–Trinajstić information content (AvgIpc) is 2.69.